The second kappa shape index (κ2) is 10.5. The highest BCUT2D eigenvalue weighted by Crippen LogP contribution is 2.21. The van der Waals surface area contributed by atoms with E-state index >= 15 is 0 Å². The smallest absolute Gasteiger partial charge is 0.261 e. The van der Waals surface area contributed by atoms with E-state index in [0.717, 1.165) is 0 Å². The van der Waals surface area contributed by atoms with E-state index in [1.807, 2.05) is 6.92 Å². The molecule has 152 valence electrons. The highest BCUT2D eigenvalue weighted by atomic mass is 32.2. The highest BCUT2D eigenvalue weighted by molar-refractivity contribution is 7.92. The fourth-order valence-corrected chi connectivity index (χ4v) is 3.28. The molecule has 0 aliphatic rings. The third-order valence-corrected chi connectivity index (χ3v) is 4.98. The summed E-state index contributed by atoms with van der Waals surface area (Å²) in [6.07, 6.45) is 0.472. The van der Waals surface area contributed by atoms with Gasteiger partial charge in [0.05, 0.1) is 11.5 Å². The number of amides is 1. The van der Waals surface area contributed by atoms with Crippen LogP contribution in [0.4, 0.5) is 5.69 Å². The Labute approximate surface area is 164 Å². The zero-order valence-electron chi connectivity index (χ0n) is 15.6. The first-order chi connectivity index (χ1) is 13.4. The van der Waals surface area contributed by atoms with E-state index in [4.69, 9.17) is 14.6 Å². The molecule has 1 amide bonds. The van der Waals surface area contributed by atoms with Gasteiger partial charge in [0.25, 0.3) is 15.9 Å². The van der Waals surface area contributed by atoms with Crippen LogP contribution in [0.5, 0.6) is 11.5 Å². The third-order valence-electron chi connectivity index (χ3n) is 3.58. The lowest BCUT2D eigenvalue weighted by Crippen LogP contribution is -2.30. The minimum atomic E-state index is -3.75. The number of carbonyl (C=O) groups excluding carboxylic acids is 1. The summed E-state index contributed by atoms with van der Waals surface area (Å²) in [5.41, 5.74) is 0.420. The monoisotopic (exact) mass is 408 g/mol. The summed E-state index contributed by atoms with van der Waals surface area (Å²) in [5.74, 6) is 0.715. The van der Waals surface area contributed by atoms with Crippen molar-refractivity contribution in [3.8, 4) is 11.5 Å². The van der Waals surface area contributed by atoms with Crippen LogP contribution in [-0.2, 0) is 14.8 Å². The van der Waals surface area contributed by atoms with Gasteiger partial charge in [0.2, 0.25) is 0 Å². The van der Waals surface area contributed by atoms with Crippen molar-refractivity contribution in [2.45, 2.75) is 18.2 Å². The van der Waals surface area contributed by atoms with E-state index in [-0.39, 0.29) is 24.0 Å². The van der Waals surface area contributed by atoms with Gasteiger partial charge in [0, 0.05) is 18.8 Å². The van der Waals surface area contributed by atoms with Crippen LogP contribution in [0, 0.1) is 0 Å². The number of ether oxygens (including phenoxy) is 2. The normalized spacial score (nSPS) is 10.9. The summed E-state index contributed by atoms with van der Waals surface area (Å²) in [5, 5.41) is 11.3. The molecule has 0 radical (unpaired) electrons. The fourth-order valence-electron chi connectivity index (χ4n) is 2.22. The van der Waals surface area contributed by atoms with Gasteiger partial charge in [-0.25, -0.2) is 8.42 Å². The molecular weight excluding hydrogens is 384 g/mol. The summed E-state index contributed by atoms with van der Waals surface area (Å²) in [4.78, 5) is 11.6. The molecule has 2 aromatic rings. The Morgan fingerprint density at radius 3 is 2.21 bits per heavy atom. The average Bonchev–Trinajstić information content (AvgIpc) is 2.68. The van der Waals surface area contributed by atoms with Crippen LogP contribution in [-0.4, -0.2) is 45.8 Å². The number of carbonyl (C=O) groups is 1. The predicted molar refractivity (Wildman–Crippen MR) is 105 cm³/mol. The number of hydrogen-bond donors (Lipinski definition) is 3. The molecule has 0 bridgehead atoms. The second-order valence-corrected chi connectivity index (χ2v) is 7.43. The molecule has 0 atom stereocenters. The van der Waals surface area contributed by atoms with Gasteiger partial charge in [0.15, 0.2) is 6.61 Å². The van der Waals surface area contributed by atoms with Crippen LogP contribution in [0.2, 0.25) is 0 Å². The Hall–Kier alpha value is -2.78. The number of aliphatic hydroxyl groups excluding tert-OH is 1. The molecule has 3 N–H and O–H groups in total. The van der Waals surface area contributed by atoms with Crippen molar-refractivity contribution in [1.82, 2.24) is 5.32 Å². The molecule has 0 heterocycles. The fraction of sp³-hybridized carbons (Fsp3) is 0.316. The van der Waals surface area contributed by atoms with Gasteiger partial charge in [-0.2, -0.15) is 0 Å². The molecule has 28 heavy (non-hydrogen) atoms. The number of rotatable bonds is 11. The quantitative estimate of drug-likeness (QED) is 0.488. The molecule has 9 heteroatoms. The van der Waals surface area contributed by atoms with Gasteiger partial charge >= 0.3 is 0 Å². The molecule has 0 spiro atoms. The highest BCUT2D eigenvalue weighted by Gasteiger charge is 2.14. The number of anilines is 1. The zero-order chi connectivity index (χ0) is 20.4. The minimum Gasteiger partial charge on any atom is -0.494 e. The van der Waals surface area contributed by atoms with Crippen LogP contribution in [0.1, 0.15) is 13.3 Å². The number of aliphatic hydroxyl groups is 1. The van der Waals surface area contributed by atoms with Crippen molar-refractivity contribution in [3.63, 3.8) is 0 Å². The summed E-state index contributed by atoms with van der Waals surface area (Å²) < 4.78 is 38.1. The molecule has 0 aliphatic carbocycles. The first-order valence-electron chi connectivity index (χ1n) is 8.80. The summed E-state index contributed by atoms with van der Waals surface area (Å²) in [7, 11) is -3.75. The Morgan fingerprint density at radius 2 is 1.61 bits per heavy atom. The van der Waals surface area contributed by atoms with E-state index in [0.29, 0.717) is 36.8 Å². The van der Waals surface area contributed by atoms with Crippen LogP contribution >= 0.6 is 0 Å². The Balaban J connectivity index is 1.92. The molecule has 0 saturated carbocycles. The maximum atomic E-state index is 12.5. The molecular formula is C19H24N2O6S. The lowest BCUT2D eigenvalue weighted by atomic mass is 10.3. The molecule has 2 aromatic carbocycles. The first kappa shape index (κ1) is 21.5. The topological polar surface area (TPSA) is 114 Å². The predicted octanol–water partition coefficient (Wildman–Crippen LogP) is 1.76. The second-order valence-electron chi connectivity index (χ2n) is 5.75. The number of nitrogens with one attached hydrogen (secondary N) is 2. The van der Waals surface area contributed by atoms with Crippen molar-refractivity contribution >= 4 is 21.6 Å². The maximum absolute atomic E-state index is 12.5. The van der Waals surface area contributed by atoms with Crippen molar-refractivity contribution in [3.05, 3.63) is 48.5 Å². The molecule has 0 unspecified atom stereocenters. The van der Waals surface area contributed by atoms with Crippen LogP contribution in [0.15, 0.2) is 53.4 Å². The molecule has 0 fully saturated rings. The molecule has 0 aromatic heterocycles. The number of sulfonamides is 1. The summed E-state index contributed by atoms with van der Waals surface area (Å²) in [6.45, 7) is 2.58. The molecule has 8 nitrogen and oxygen atoms in total. The van der Waals surface area contributed by atoms with Crippen LogP contribution in [0.25, 0.3) is 0 Å². The minimum absolute atomic E-state index is 0.00176. The van der Waals surface area contributed by atoms with E-state index in [9.17, 15) is 13.2 Å². The van der Waals surface area contributed by atoms with Gasteiger partial charge in [0.1, 0.15) is 11.5 Å². The summed E-state index contributed by atoms with van der Waals surface area (Å²) >= 11 is 0. The van der Waals surface area contributed by atoms with Gasteiger partial charge in [-0.3, -0.25) is 9.52 Å². The maximum Gasteiger partial charge on any atom is 0.261 e. The van der Waals surface area contributed by atoms with Crippen LogP contribution < -0.4 is 19.5 Å². The Bertz CT molecular complexity index is 851. The van der Waals surface area contributed by atoms with E-state index in [2.05, 4.69) is 10.0 Å². The number of benzene rings is 2. The van der Waals surface area contributed by atoms with E-state index in [1.165, 1.54) is 24.3 Å². The Morgan fingerprint density at radius 1 is 1.00 bits per heavy atom. The van der Waals surface area contributed by atoms with Gasteiger partial charge in [-0.1, -0.05) is 0 Å². The standard InChI is InChI=1S/C19H24N2O6S/c1-2-26-16-6-4-15(5-7-16)21-28(24,25)18-10-8-17(9-11-18)27-14-19(23)20-12-3-13-22/h4-11,21-22H,2-3,12-14H2,1H3,(H,20,23). The summed E-state index contributed by atoms with van der Waals surface area (Å²) in [6, 6.07) is 12.4. The zero-order valence-corrected chi connectivity index (χ0v) is 16.4. The average molecular weight is 408 g/mol. The van der Waals surface area contributed by atoms with Gasteiger partial charge in [-0.05, 0) is 61.9 Å². The number of hydrogen-bond acceptors (Lipinski definition) is 6. The molecule has 2 rings (SSSR count). The molecule has 0 saturated heterocycles. The van der Waals surface area contributed by atoms with Gasteiger partial charge < -0.3 is 19.9 Å². The SMILES string of the molecule is CCOc1ccc(NS(=O)(=O)c2ccc(OCC(=O)NCCCO)cc2)cc1. The third kappa shape index (κ3) is 6.75. The van der Waals surface area contributed by atoms with Gasteiger partial charge in [-0.15, -0.1) is 0 Å². The van der Waals surface area contributed by atoms with Crippen molar-refractivity contribution in [2.24, 2.45) is 0 Å². The van der Waals surface area contributed by atoms with Crippen molar-refractivity contribution < 1.29 is 27.8 Å². The molecule has 0 aliphatic heterocycles. The van der Waals surface area contributed by atoms with Crippen molar-refractivity contribution in [1.29, 1.82) is 0 Å². The largest absolute Gasteiger partial charge is 0.494 e. The first-order valence-corrected chi connectivity index (χ1v) is 10.3. The Kier molecular flexibility index (Phi) is 8.09. The lowest BCUT2D eigenvalue weighted by molar-refractivity contribution is -0.123. The van der Waals surface area contributed by atoms with E-state index < -0.39 is 10.0 Å². The van der Waals surface area contributed by atoms with E-state index in [1.54, 1.807) is 24.3 Å². The van der Waals surface area contributed by atoms with Crippen LogP contribution in [0.3, 0.4) is 0 Å². The lowest BCUT2D eigenvalue weighted by Gasteiger charge is -2.10. The van der Waals surface area contributed by atoms with Crippen molar-refractivity contribution in [2.75, 3.05) is 31.1 Å².